The van der Waals surface area contributed by atoms with Crippen molar-refractivity contribution in [2.45, 2.75) is 33.4 Å². The molecule has 1 heterocycles. The summed E-state index contributed by atoms with van der Waals surface area (Å²) in [6.07, 6.45) is 0. The van der Waals surface area contributed by atoms with Gasteiger partial charge in [0.2, 0.25) is 0 Å². The van der Waals surface area contributed by atoms with Crippen LogP contribution in [0.4, 0.5) is 0 Å². The molecule has 0 bridgehead atoms. The zero-order valence-corrected chi connectivity index (χ0v) is 11.4. The lowest BCUT2D eigenvalue weighted by Gasteiger charge is -2.16. The lowest BCUT2D eigenvalue weighted by molar-refractivity contribution is 0.545. The van der Waals surface area contributed by atoms with E-state index in [0.29, 0.717) is 6.04 Å². The second-order valence-corrected chi connectivity index (χ2v) is 4.68. The summed E-state index contributed by atoms with van der Waals surface area (Å²) in [4.78, 5) is 0. The number of hydrogen-bond donors (Lipinski definition) is 1. The number of aromatic nitrogens is 3. The van der Waals surface area contributed by atoms with Crippen LogP contribution in [0.5, 0.6) is 0 Å². The molecule has 1 aromatic carbocycles. The average molecular weight is 244 g/mol. The van der Waals surface area contributed by atoms with Crippen LogP contribution in [0.15, 0.2) is 24.3 Å². The molecular formula is C14H20N4. The molecule has 1 N–H and O–H groups in total. The van der Waals surface area contributed by atoms with Gasteiger partial charge in [0.05, 0.1) is 6.54 Å². The quantitative estimate of drug-likeness (QED) is 0.897. The number of nitrogens with zero attached hydrogens (tertiary/aromatic N) is 3. The van der Waals surface area contributed by atoms with Crippen molar-refractivity contribution in [3.05, 3.63) is 47.0 Å². The maximum atomic E-state index is 4.15. The first-order chi connectivity index (χ1) is 8.59. The van der Waals surface area contributed by atoms with Gasteiger partial charge in [0, 0.05) is 13.1 Å². The molecule has 0 aliphatic heterocycles. The van der Waals surface area contributed by atoms with Crippen molar-refractivity contribution >= 4 is 0 Å². The van der Waals surface area contributed by atoms with Gasteiger partial charge in [0.15, 0.2) is 0 Å². The zero-order valence-electron chi connectivity index (χ0n) is 11.4. The molecule has 1 atom stereocenters. The number of hydrogen-bond acceptors (Lipinski definition) is 3. The highest BCUT2D eigenvalue weighted by molar-refractivity contribution is 5.28. The minimum Gasteiger partial charge on any atom is -0.317 e. The average Bonchev–Trinajstić information content (AvgIpc) is 2.68. The van der Waals surface area contributed by atoms with Crippen LogP contribution in [0.1, 0.15) is 35.7 Å². The highest BCUT2D eigenvalue weighted by atomic mass is 15.3. The fourth-order valence-electron chi connectivity index (χ4n) is 2.03. The Labute approximate surface area is 108 Å². The lowest BCUT2D eigenvalue weighted by atomic mass is 10.0. The van der Waals surface area contributed by atoms with Crippen molar-refractivity contribution < 1.29 is 0 Å². The molecule has 0 radical (unpaired) electrons. The molecule has 2 aromatic rings. The molecule has 0 saturated carbocycles. The first kappa shape index (κ1) is 12.8. The third-order valence-electron chi connectivity index (χ3n) is 3.40. The van der Waals surface area contributed by atoms with Crippen LogP contribution in [0.3, 0.4) is 0 Å². The second kappa shape index (κ2) is 5.31. The van der Waals surface area contributed by atoms with Crippen molar-refractivity contribution in [3.63, 3.8) is 0 Å². The van der Waals surface area contributed by atoms with Crippen molar-refractivity contribution in [1.29, 1.82) is 0 Å². The largest absolute Gasteiger partial charge is 0.317 e. The zero-order chi connectivity index (χ0) is 13.1. The minimum atomic E-state index is 0.309. The SMILES string of the molecule is Cc1ccccc1[C@@H](C)NCc1nnc(C)n1C. The standard InChI is InChI=1S/C14H20N4/c1-10-7-5-6-8-13(10)11(2)15-9-14-17-16-12(3)18(14)4/h5-8,11,15H,9H2,1-4H3/t11-/m1/s1. The molecule has 0 amide bonds. The predicted molar refractivity (Wildman–Crippen MR) is 72.2 cm³/mol. The smallest absolute Gasteiger partial charge is 0.146 e. The molecule has 0 unspecified atom stereocenters. The normalized spacial score (nSPS) is 12.7. The molecule has 4 heteroatoms. The molecule has 18 heavy (non-hydrogen) atoms. The van der Waals surface area contributed by atoms with Gasteiger partial charge in [-0.3, -0.25) is 0 Å². The van der Waals surface area contributed by atoms with E-state index in [9.17, 15) is 0 Å². The molecule has 0 fully saturated rings. The number of rotatable bonds is 4. The number of aryl methyl sites for hydroxylation is 2. The molecular weight excluding hydrogens is 224 g/mol. The molecule has 96 valence electrons. The Morgan fingerprint density at radius 1 is 1.22 bits per heavy atom. The van der Waals surface area contributed by atoms with E-state index in [4.69, 9.17) is 0 Å². The van der Waals surface area contributed by atoms with Gasteiger partial charge in [0.25, 0.3) is 0 Å². The van der Waals surface area contributed by atoms with Crippen LogP contribution in [-0.4, -0.2) is 14.8 Å². The third kappa shape index (κ3) is 2.59. The Morgan fingerprint density at radius 2 is 1.94 bits per heavy atom. The van der Waals surface area contributed by atoms with E-state index in [1.807, 2.05) is 18.5 Å². The van der Waals surface area contributed by atoms with Gasteiger partial charge in [-0.05, 0) is 31.9 Å². The van der Waals surface area contributed by atoms with Gasteiger partial charge < -0.3 is 9.88 Å². The van der Waals surface area contributed by atoms with Crippen molar-refractivity contribution in [1.82, 2.24) is 20.1 Å². The Hall–Kier alpha value is -1.68. The fourth-order valence-corrected chi connectivity index (χ4v) is 2.03. The van der Waals surface area contributed by atoms with Crippen LogP contribution >= 0.6 is 0 Å². The predicted octanol–water partition coefficient (Wildman–Crippen LogP) is 2.28. The minimum absolute atomic E-state index is 0.309. The summed E-state index contributed by atoms with van der Waals surface area (Å²) < 4.78 is 2.01. The number of nitrogens with one attached hydrogen (secondary N) is 1. The number of benzene rings is 1. The summed E-state index contributed by atoms with van der Waals surface area (Å²) in [5.41, 5.74) is 2.64. The van der Waals surface area contributed by atoms with E-state index in [-0.39, 0.29) is 0 Å². The summed E-state index contributed by atoms with van der Waals surface area (Å²) >= 11 is 0. The fraction of sp³-hybridized carbons (Fsp3) is 0.429. The van der Waals surface area contributed by atoms with Gasteiger partial charge in [-0.25, -0.2) is 0 Å². The highest BCUT2D eigenvalue weighted by Gasteiger charge is 2.09. The van der Waals surface area contributed by atoms with Crippen molar-refractivity contribution in [2.24, 2.45) is 7.05 Å². The van der Waals surface area contributed by atoms with Crippen molar-refractivity contribution in [2.75, 3.05) is 0 Å². The van der Waals surface area contributed by atoms with Gasteiger partial charge in [-0.1, -0.05) is 24.3 Å². The van der Waals surface area contributed by atoms with E-state index in [2.05, 4.69) is 53.6 Å². The monoisotopic (exact) mass is 244 g/mol. The van der Waals surface area contributed by atoms with E-state index < -0.39 is 0 Å². The summed E-state index contributed by atoms with van der Waals surface area (Å²) in [6.45, 7) is 7.00. The third-order valence-corrected chi connectivity index (χ3v) is 3.40. The Bertz CT molecular complexity index is 530. The van der Waals surface area contributed by atoms with Gasteiger partial charge in [-0.15, -0.1) is 10.2 Å². The van der Waals surface area contributed by atoms with Gasteiger partial charge in [0.1, 0.15) is 11.6 Å². The first-order valence-corrected chi connectivity index (χ1v) is 6.23. The Balaban J connectivity index is 2.03. The lowest BCUT2D eigenvalue weighted by Crippen LogP contribution is -2.21. The van der Waals surface area contributed by atoms with E-state index in [1.54, 1.807) is 0 Å². The molecule has 4 nitrogen and oxygen atoms in total. The summed E-state index contributed by atoms with van der Waals surface area (Å²) in [5.74, 6) is 1.91. The highest BCUT2D eigenvalue weighted by Crippen LogP contribution is 2.16. The summed E-state index contributed by atoms with van der Waals surface area (Å²) in [6, 6.07) is 8.75. The van der Waals surface area contributed by atoms with E-state index in [0.717, 1.165) is 18.2 Å². The Morgan fingerprint density at radius 3 is 2.56 bits per heavy atom. The van der Waals surface area contributed by atoms with Gasteiger partial charge >= 0.3 is 0 Å². The van der Waals surface area contributed by atoms with E-state index in [1.165, 1.54) is 11.1 Å². The maximum absolute atomic E-state index is 4.15. The van der Waals surface area contributed by atoms with Crippen molar-refractivity contribution in [3.8, 4) is 0 Å². The van der Waals surface area contributed by atoms with Crippen LogP contribution in [0.2, 0.25) is 0 Å². The van der Waals surface area contributed by atoms with Crippen LogP contribution in [0.25, 0.3) is 0 Å². The van der Waals surface area contributed by atoms with Crippen LogP contribution in [0, 0.1) is 13.8 Å². The summed E-state index contributed by atoms with van der Waals surface area (Å²) in [7, 11) is 1.99. The van der Waals surface area contributed by atoms with Crippen LogP contribution in [-0.2, 0) is 13.6 Å². The second-order valence-electron chi connectivity index (χ2n) is 4.68. The summed E-state index contributed by atoms with van der Waals surface area (Å²) in [5, 5.41) is 11.7. The molecule has 0 aliphatic carbocycles. The van der Waals surface area contributed by atoms with E-state index >= 15 is 0 Å². The molecule has 0 spiro atoms. The molecule has 0 saturated heterocycles. The molecule has 0 aliphatic rings. The maximum Gasteiger partial charge on any atom is 0.146 e. The molecule has 1 aromatic heterocycles. The van der Waals surface area contributed by atoms with Crippen LogP contribution < -0.4 is 5.32 Å². The Kier molecular flexibility index (Phi) is 3.77. The topological polar surface area (TPSA) is 42.7 Å². The first-order valence-electron chi connectivity index (χ1n) is 6.23. The van der Waals surface area contributed by atoms with Gasteiger partial charge in [-0.2, -0.15) is 0 Å². The molecule has 2 rings (SSSR count).